The van der Waals surface area contributed by atoms with Gasteiger partial charge in [-0.2, -0.15) is 0 Å². The molecule has 0 saturated carbocycles. The first-order valence-electron chi connectivity index (χ1n) is 7.65. The van der Waals surface area contributed by atoms with E-state index >= 15 is 0 Å². The number of hydrogen-bond donors (Lipinski definition) is 3. The third kappa shape index (κ3) is 5.13. The molecule has 0 bridgehead atoms. The minimum absolute atomic E-state index is 0.145. The van der Waals surface area contributed by atoms with E-state index in [9.17, 15) is 18.0 Å². The Morgan fingerprint density at radius 3 is 2.77 bits per heavy atom. The Hall–Kier alpha value is -1.35. The van der Waals surface area contributed by atoms with Crippen LogP contribution in [0.25, 0.3) is 0 Å². The topological polar surface area (TPSA) is 108 Å². The lowest BCUT2D eigenvalue weighted by atomic mass is 10.1. The first kappa shape index (κ1) is 17.0. The number of sulfonamides is 1. The Morgan fingerprint density at radius 1 is 1.27 bits per heavy atom. The molecule has 0 aromatic heterocycles. The largest absolute Gasteiger partial charge is 0.354 e. The standard InChI is InChI=1S/C13H24N4O4S/c1-22(20,21)16-10-5-4-8-17(9-10)13(19)15-11-6-2-3-7-14-12(11)18/h10-11,16H,2-9H2,1H3,(H,14,18)(H,15,19)/t10-,11-/m0/s1. The summed E-state index contributed by atoms with van der Waals surface area (Å²) in [6.07, 6.45) is 5.00. The summed E-state index contributed by atoms with van der Waals surface area (Å²) in [4.78, 5) is 25.7. The summed E-state index contributed by atoms with van der Waals surface area (Å²) in [5.41, 5.74) is 0. The van der Waals surface area contributed by atoms with E-state index in [1.54, 1.807) is 4.90 Å². The Morgan fingerprint density at radius 2 is 2.05 bits per heavy atom. The van der Waals surface area contributed by atoms with E-state index in [2.05, 4.69) is 15.4 Å². The van der Waals surface area contributed by atoms with E-state index in [0.717, 1.165) is 25.5 Å². The highest BCUT2D eigenvalue weighted by atomic mass is 32.2. The van der Waals surface area contributed by atoms with Crippen LogP contribution in [0.3, 0.4) is 0 Å². The van der Waals surface area contributed by atoms with E-state index in [1.165, 1.54) is 0 Å². The SMILES string of the molecule is CS(=O)(=O)N[C@H]1CCCN(C(=O)N[C@H]2CCCCNC2=O)C1. The number of hydrogen-bond acceptors (Lipinski definition) is 4. The Kier molecular flexibility index (Phi) is 5.63. The molecule has 0 radical (unpaired) electrons. The Labute approximate surface area is 131 Å². The Bertz CT molecular complexity index is 522. The molecule has 0 aromatic rings. The Balaban J connectivity index is 1.89. The van der Waals surface area contributed by atoms with Crippen LogP contribution in [-0.2, 0) is 14.8 Å². The molecular weight excluding hydrogens is 308 g/mol. The van der Waals surface area contributed by atoms with Gasteiger partial charge in [0.15, 0.2) is 0 Å². The van der Waals surface area contributed by atoms with Crippen LogP contribution in [0.5, 0.6) is 0 Å². The predicted molar refractivity (Wildman–Crippen MR) is 81.8 cm³/mol. The van der Waals surface area contributed by atoms with Crippen molar-refractivity contribution in [2.24, 2.45) is 0 Å². The molecule has 0 unspecified atom stereocenters. The molecule has 2 aliphatic heterocycles. The first-order valence-corrected chi connectivity index (χ1v) is 9.55. The maximum atomic E-state index is 12.3. The van der Waals surface area contributed by atoms with Gasteiger partial charge in [-0.25, -0.2) is 17.9 Å². The van der Waals surface area contributed by atoms with E-state index in [0.29, 0.717) is 32.5 Å². The predicted octanol–water partition coefficient (Wildman–Crippen LogP) is -0.622. The van der Waals surface area contributed by atoms with Crippen LogP contribution in [0.1, 0.15) is 32.1 Å². The number of likely N-dealkylation sites (tertiary alicyclic amines) is 1. The molecule has 2 fully saturated rings. The van der Waals surface area contributed by atoms with E-state index in [4.69, 9.17) is 0 Å². The molecule has 9 heteroatoms. The van der Waals surface area contributed by atoms with Gasteiger partial charge in [0.05, 0.1) is 6.26 Å². The lowest BCUT2D eigenvalue weighted by Crippen LogP contribution is -2.55. The van der Waals surface area contributed by atoms with Crippen molar-refractivity contribution in [2.75, 3.05) is 25.9 Å². The molecule has 0 spiro atoms. The van der Waals surface area contributed by atoms with Crippen LogP contribution in [0.2, 0.25) is 0 Å². The molecule has 3 N–H and O–H groups in total. The molecule has 2 rings (SSSR count). The minimum atomic E-state index is -3.29. The van der Waals surface area contributed by atoms with Crippen molar-refractivity contribution < 1.29 is 18.0 Å². The summed E-state index contributed by atoms with van der Waals surface area (Å²) in [5.74, 6) is -0.145. The van der Waals surface area contributed by atoms with E-state index in [1.807, 2.05) is 0 Å². The van der Waals surface area contributed by atoms with Crippen LogP contribution in [0.4, 0.5) is 4.79 Å². The maximum Gasteiger partial charge on any atom is 0.318 e. The highest BCUT2D eigenvalue weighted by molar-refractivity contribution is 7.88. The number of piperidine rings is 1. The second-order valence-electron chi connectivity index (χ2n) is 5.96. The zero-order chi connectivity index (χ0) is 16.2. The van der Waals surface area contributed by atoms with Crippen molar-refractivity contribution >= 4 is 22.0 Å². The van der Waals surface area contributed by atoms with Gasteiger partial charge < -0.3 is 15.5 Å². The summed E-state index contributed by atoms with van der Waals surface area (Å²) in [5, 5.41) is 5.54. The second-order valence-corrected chi connectivity index (χ2v) is 7.74. The van der Waals surface area contributed by atoms with Crippen LogP contribution in [0, 0.1) is 0 Å². The van der Waals surface area contributed by atoms with E-state index in [-0.39, 0.29) is 18.0 Å². The summed E-state index contributed by atoms with van der Waals surface area (Å²) >= 11 is 0. The molecule has 0 aliphatic carbocycles. The summed E-state index contributed by atoms with van der Waals surface area (Å²) < 4.78 is 25.1. The average molecular weight is 332 g/mol. The fourth-order valence-electron chi connectivity index (χ4n) is 2.88. The number of amides is 3. The average Bonchev–Trinajstić information content (AvgIpc) is 2.62. The van der Waals surface area contributed by atoms with Gasteiger partial charge in [0, 0.05) is 25.7 Å². The van der Waals surface area contributed by atoms with Crippen LogP contribution >= 0.6 is 0 Å². The molecule has 3 amide bonds. The number of rotatable bonds is 3. The zero-order valence-electron chi connectivity index (χ0n) is 12.8. The van der Waals surface area contributed by atoms with E-state index < -0.39 is 16.1 Å². The number of carbonyl (C=O) groups excluding carboxylic acids is 2. The summed E-state index contributed by atoms with van der Waals surface area (Å²) in [6.45, 7) is 1.55. The molecule has 22 heavy (non-hydrogen) atoms. The van der Waals surface area contributed by atoms with Crippen molar-refractivity contribution in [2.45, 2.75) is 44.2 Å². The highest BCUT2D eigenvalue weighted by Gasteiger charge is 2.29. The van der Waals surface area contributed by atoms with Crippen LogP contribution < -0.4 is 15.4 Å². The van der Waals surface area contributed by atoms with Gasteiger partial charge in [0.1, 0.15) is 6.04 Å². The molecular formula is C13H24N4O4S. The smallest absolute Gasteiger partial charge is 0.318 e. The zero-order valence-corrected chi connectivity index (χ0v) is 13.6. The van der Waals surface area contributed by atoms with Gasteiger partial charge >= 0.3 is 6.03 Å². The van der Waals surface area contributed by atoms with Crippen molar-refractivity contribution in [1.29, 1.82) is 0 Å². The van der Waals surface area contributed by atoms with Gasteiger partial charge in [-0.3, -0.25) is 4.79 Å². The van der Waals surface area contributed by atoms with Gasteiger partial charge in [0.2, 0.25) is 15.9 Å². The third-order valence-electron chi connectivity index (χ3n) is 3.92. The normalized spacial score (nSPS) is 27.0. The second kappa shape index (κ2) is 7.28. The van der Waals surface area contributed by atoms with Gasteiger partial charge in [-0.05, 0) is 32.1 Å². The first-order chi connectivity index (χ1) is 10.3. The number of nitrogens with one attached hydrogen (secondary N) is 3. The number of urea groups is 1. The maximum absolute atomic E-state index is 12.3. The molecule has 126 valence electrons. The van der Waals surface area contributed by atoms with Gasteiger partial charge in [0.25, 0.3) is 0 Å². The third-order valence-corrected chi connectivity index (χ3v) is 4.68. The fraction of sp³-hybridized carbons (Fsp3) is 0.846. The lowest BCUT2D eigenvalue weighted by molar-refractivity contribution is -0.122. The summed E-state index contributed by atoms with van der Waals surface area (Å²) in [6, 6.07) is -1.07. The number of carbonyl (C=O) groups is 2. The minimum Gasteiger partial charge on any atom is -0.354 e. The van der Waals surface area contributed by atoms with Gasteiger partial charge in [-0.1, -0.05) is 0 Å². The molecule has 8 nitrogen and oxygen atoms in total. The molecule has 2 saturated heterocycles. The monoisotopic (exact) mass is 332 g/mol. The number of nitrogens with zero attached hydrogens (tertiary/aromatic N) is 1. The van der Waals surface area contributed by atoms with Crippen LogP contribution in [0.15, 0.2) is 0 Å². The molecule has 0 aromatic carbocycles. The quantitative estimate of drug-likeness (QED) is 0.640. The van der Waals surface area contributed by atoms with Crippen LogP contribution in [-0.4, -0.2) is 63.2 Å². The van der Waals surface area contributed by atoms with Crippen molar-refractivity contribution in [3.05, 3.63) is 0 Å². The molecule has 2 atom stereocenters. The van der Waals surface area contributed by atoms with Gasteiger partial charge in [-0.15, -0.1) is 0 Å². The fourth-order valence-corrected chi connectivity index (χ4v) is 3.68. The molecule has 2 aliphatic rings. The van der Waals surface area contributed by atoms with Crippen molar-refractivity contribution in [3.63, 3.8) is 0 Å². The molecule has 2 heterocycles. The summed E-state index contributed by atoms with van der Waals surface area (Å²) in [7, 11) is -3.29. The van der Waals surface area contributed by atoms with Crippen molar-refractivity contribution in [3.8, 4) is 0 Å². The highest BCUT2D eigenvalue weighted by Crippen LogP contribution is 2.12. The lowest BCUT2D eigenvalue weighted by Gasteiger charge is -2.33. The van der Waals surface area contributed by atoms with Crippen molar-refractivity contribution in [1.82, 2.24) is 20.3 Å².